The van der Waals surface area contributed by atoms with Crippen LogP contribution >= 0.6 is 0 Å². The zero-order chi connectivity index (χ0) is 18.6. The lowest BCUT2D eigenvalue weighted by molar-refractivity contribution is -0.137. The van der Waals surface area contributed by atoms with E-state index < -0.39 is 0 Å². The molecule has 0 aromatic carbocycles. The van der Waals surface area contributed by atoms with Crippen molar-refractivity contribution in [3.8, 4) is 0 Å². The average molecular weight is 373 g/mol. The molecule has 1 amide bonds. The van der Waals surface area contributed by atoms with Crippen LogP contribution in [0, 0.1) is 5.92 Å². The number of hydrogen-bond donors (Lipinski definition) is 0. The minimum Gasteiger partial charge on any atom is -0.367 e. The van der Waals surface area contributed by atoms with Gasteiger partial charge in [-0.15, -0.1) is 0 Å². The lowest BCUT2D eigenvalue weighted by Gasteiger charge is -2.39. The highest BCUT2D eigenvalue weighted by Gasteiger charge is 2.31. The topological polar surface area (TPSA) is 55.8 Å². The molecule has 0 aliphatic carbocycles. The first-order valence-corrected chi connectivity index (χ1v) is 10.5. The summed E-state index contributed by atoms with van der Waals surface area (Å²) in [4.78, 5) is 30.9. The summed E-state index contributed by atoms with van der Waals surface area (Å²) in [6, 6.07) is 0. The second-order valence-electron chi connectivity index (χ2n) is 8.17. The molecule has 3 saturated heterocycles. The first-order valence-electron chi connectivity index (χ1n) is 10.5. The molecule has 4 rings (SSSR count). The fourth-order valence-corrected chi connectivity index (χ4v) is 4.54. The van der Waals surface area contributed by atoms with Crippen molar-refractivity contribution in [1.29, 1.82) is 0 Å². The summed E-state index contributed by atoms with van der Waals surface area (Å²) >= 11 is 0. The molecule has 0 spiro atoms. The Bertz CT molecular complexity index is 631. The summed E-state index contributed by atoms with van der Waals surface area (Å²) in [7, 11) is 2.17. The van der Waals surface area contributed by atoms with Gasteiger partial charge in [-0.2, -0.15) is 0 Å². The monoisotopic (exact) mass is 372 g/mol. The highest BCUT2D eigenvalue weighted by atomic mass is 16.2. The lowest BCUT2D eigenvalue weighted by atomic mass is 9.94. The Morgan fingerprint density at radius 1 is 0.926 bits per heavy atom. The molecule has 7 nitrogen and oxygen atoms in total. The van der Waals surface area contributed by atoms with Gasteiger partial charge in [-0.05, 0) is 39.2 Å². The van der Waals surface area contributed by atoms with E-state index >= 15 is 0 Å². The maximum Gasteiger partial charge on any atom is 0.225 e. The normalized spacial score (nSPS) is 22.9. The number of anilines is 2. The van der Waals surface area contributed by atoms with Crippen molar-refractivity contribution in [2.45, 2.75) is 32.1 Å². The van der Waals surface area contributed by atoms with Gasteiger partial charge < -0.3 is 19.6 Å². The first-order chi connectivity index (χ1) is 13.2. The number of rotatable bonds is 3. The molecule has 148 valence electrons. The van der Waals surface area contributed by atoms with Gasteiger partial charge in [-0.25, -0.2) is 9.97 Å². The third kappa shape index (κ3) is 4.18. The number of amides is 1. The van der Waals surface area contributed by atoms with Crippen molar-refractivity contribution < 1.29 is 4.79 Å². The Labute approximate surface area is 162 Å². The van der Waals surface area contributed by atoms with Crippen LogP contribution in [0.3, 0.4) is 0 Å². The van der Waals surface area contributed by atoms with Crippen molar-refractivity contribution in [2.24, 2.45) is 5.92 Å². The number of piperidine rings is 2. The minimum atomic E-state index is 0.191. The molecule has 0 bridgehead atoms. The number of carbonyl (C=O) groups excluding carboxylic acids is 1. The third-order valence-corrected chi connectivity index (χ3v) is 6.33. The highest BCUT2D eigenvalue weighted by molar-refractivity contribution is 5.79. The molecule has 3 aliphatic rings. The Balaban J connectivity index is 1.39. The van der Waals surface area contributed by atoms with Gasteiger partial charge in [0.25, 0.3) is 0 Å². The van der Waals surface area contributed by atoms with Crippen LogP contribution < -0.4 is 9.80 Å². The van der Waals surface area contributed by atoms with Crippen LogP contribution in [-0.4, -0.2) is 85.1 Å². The van der Waals surface area contributed by atoms with Crippen molar-refractivity contribution in [3.63, 3.8) is 0 Å². The molecule has 3 aliphatic heterocycles. The van der Waals surface area contributed by atoms with Crippen LogP contribution in [0.15, 0.2) is 12.5 Å². The van der Waals surface area contributed by atoms with Crippen LogP contribution in [0.2, 0.25) is 0 Å². The van der Waals surface area contributed by atoms with Gasteiger partial charge in [0.2, 0.25) is 5.91 Å². The van der Waals surface area contributed by atoms with Gasteiger partial charge in [0.1, 0.15) is 6.33 Å². The third-order valence-electron chi connectivity index (χ3n) is 6.33. The standard InChI is InChI=1S/C20H32N6O/c1-23-11-13-25(14-12-23)19-18(15-21-16-22-19)24-9-5-17(6-10-24)20(27)26-7-3-2-4-8-26/h15-17H,2-14H2,1H3. The van der Waals surface area contributed by atoms with Crippen molar-refractivity contribution in [3.05, 3.63) is 12.5 Å². The molecule has 3 fully saturated rings. The number of hydrogen-bond acceptors (Lipinski definition) is 6. The summed E-state index contributed by atoms with van der Waals surface area (Å²) in [5.41, 5.74) is 1.13. The van der Waals surface area contributed by atoms with E-state index in [1.165, 1.54) is 19.3 Å². The maximum absolute atomic E-state index is 12.8. The summed E-state index contributed by atoms with van der Waals surface area (Å²) in [5, 5.41) is 0. The molecule has 1 aromatic heterocycles. The molecule has 4 heterocycles. The van der Waals surface area contributed by atoms with Crippen LogP contribution in [0.25, 0.3) is 0 Å². The zero-order valence-corrected chi connectivity index (χ0v) is 16.5. The van der Waals surface area contributed by atoms with E-state index in [4.69, 9.17) is 0 Å². The summed E-state index contributed by atoms with van der Waals surface area (Å²) < 4.78 is 0. The van der Waals surface area contributed by atoms with Gasteiger partial charge in [-0.1, -0.05) is 0 Å². The molecule has 0 saturated carbocycles. The molecule has 1 aromatic rings. The number of piperazine rings is 1. The van der Waals surface area contributed by atoms with E-state index in [-0.39, 0.29) is 5.92 Å². The van der Waals surface area contributed by atoms with Crippen molar-refractivity contribution >= 4 is 17.4 Å². The van der Waals surface area contributed by atoms with E-state index in [0.29, 0.717) is 5.91 Å². The highest BCUT2D eigenvalue weighted by Crippen LogP contribution is 2.31. The number of carbonyl (C=O) groups is 1. The van der Waals surface area contributed by atoms with E-state index in [0.717, 1.165) is 76.7 Å². The number of likely N-dealkylation sites (N-methyl/N-ethyl adjacent to an activating group) is 1. The minimum absolute atomic E-state index is 0.191. The SMILES string of the molecule is CN1CCN(c2ncncc2N2CCC(C(=O)N3CCCCC3)CC2)CC1. The number of likely N-dealkylation sites (tertiary alicyclic amines) is 1. The average Bonchev–Trinajstić information content (AvgIpc) is 2.75. The zero-order valence-electron chi connectivity index (χ0n) is 16.5. The first kappa shape index (κ1) is 18.5. The molecular formula is C20H32N6O. The second kappa shape index (κ2) is 8.42. The van der Waals surface area contributed by atoms with Gasteiger partial charge in [0.05, 0.1) is 11.9 Å². The molecule has 0 atom stereocenters. The fraction of sp³-hybridized carbons (Fsp3) is 0.750. The predicted molar refractivity (Wildman–Crippen MR) is 107 cm³/mol. The quantitative estimate of drug-likeness (QED) is 0.801. The summed E-state index contributed by atoms with van der Waals surface area (Å²) in [6.07, 6.45) is 9.09. The molecule has 0 N–H and O–H groups in total. The summed E-state index contributed by atoms with van der Waals surface area (Å²) in [5.74, 6) is 1.63. The Morgan fingerprint density at radius 3 is 2.33 bits per heavy atom. The van der Waals surface area contributed by atoms with Crippen LogP contribution in [0.4, 0.5) is 11.5 Å². The molecule has 0 unspecified atom stereocenters. The number of aromatic nitrogens is 2. The molecule has 27 heavy (non-hydrogen) atoms. The van der Waals surface area contributed by atoms with Gasteiger partial charge in [0.15, 0.2) is 5.82 Å². The Hall–Kier alpha value is -1.89. The lowest BCUT2D eigenvalue weighted by Crippen LogP contribution is -2.46. The van der Waals surface area contributed by atoms with Crippen LogP contribution in [-0.2, 0) is 4.79 Å². The van der Waals surface area contributed by atoms with Crippen molar-refractivity contribution in [2.75, 3.05) is 69.2 Å². The van der Waals surface area contributed by atoms with E-state index in [9.17, 15) is 4.79 Å². The molecule has 7 heteroatoms. The van der Waals surface area contributed by atoms with Gasteiger partial charge >= 0.3 is 0 Å². The predicted octanol–water partition coefficient (Wildman–Crippen LogP) is 1.46. The van der Waals surface area contributed by atoms with Crippen LogP contribution in [0.5, 0.6) is 0 Å². The Kier molecular flexibility index (Phi) is 5.76. The number of nitrogens with zero attached hydrogens (tertiary/aromatic N) is 6. The smallest absolute Gasteiger partial charge is 0.225 e. The van der Waals surface area contributed by atoms with E-state index in [2.05, 4.69) is 36.6 Å². The largest absolute Gasteiger partial charge is 0.367 e. The van der Waals surface area contributed by atoms with Gasteiger partial charge in [-0.3, -0.25) is 4.79 Å². The Morgan fingerprint density at radius 2 is 1.63 bits per heavy atom. The second-order valence-corrected chi connectivity index (χ2v) is 8.17. The maximum atomic E-state index is 12.8. The molecule has 0 radical (unpaired) electrons. The fourth-order valence-electron chi connectivity index (χ4n) is 4.54. The summed E-state index contributed by atoms with van der Waals surface area (Å²) in [6.45, 7) is 7.88. The molecular weight excluding hydrogens is 340 g/mol. The van der Waals surface area contributed by atoms with Crippen molar-refractivity contribution in [1.82, 2.24) is 19.8 Å². The van der Waals surface area contributed by atoms with E-state index in [1.54, 1.807) is 6.33 Å². The van der Waals surface area contributed by atoms with E-state index in [1.807, 2.05) is 6.20 Å². The van der Waals surface area contributed by atoms with Gasteiger partial charge in [0, 0.05) is 58.3 Å². The van der Waals surface area contributed by atoms with Crippen LogP contribution in [0.1, 0.15) is 32.1 Å².